The van der Waals surface area contributed by atoms with Crippen LogP contribution in [0.2, 0.25) is 5.15 Å². The van der Waals surface area contributed by atoms with Crippen LogP contribution in [0.5, 0.6) is 63.6 Å². The highest BCUT2D eigenvalue weighted by Gasteiger charge is 2.44. The summed E-state index contributed by atoms with van der Waals surface area (Å²) in [4.78, 5) is 18.2. The molecule has 134 heavy (non-hydrogen) atoms. The van der Waals surface area contributed by atoms with E-state index < -0.39 is 84.3 Å². The Balaban J connectivity index is 0.00000169. The first-order chi connectivity index (χ1) is 60.7. The number of rotatable bonds is 19. The van der Waals surface area contributed by atoms with Crippen molar-refractivity contribution in [1.29, 1.82) is 0 Å². The van der Waals surface area contributed by atoms with Gasteiger partial charge >= 0.3 is 25.4 Å². The fourth-order valence-electron chi connectivity index (χ4n) is 12.3. The van der Waals surface area contributed by atoms with Crippen molar-refractivity contribution in [2.24, 2.45) is 0 Å². The molecule has 8 aromatic carbocycles. The molecule has 6 heterocycles. The molecule has 706 valence electrons. The van der Waals surface area contributed by atoms with Gasteiger partial charge in [0.2, 0.25) is 17.6 Å². The van der Waals surface area contributed by atoms with E-state index in [0.29, 0.717) is 115 Å². The fourth-order valence-corrected chi connectivity index (χ4v) is 12.8. The molecule has 0 spiro atoms. The van der Waals surface area contributed by atoms with E-state index in [9.17, 15) is 62.9 Å². The molecule has 42 heteroatoms. The van der Waals surface area contributed by atoms with Crippen LogP contribution in [-0.4, -0.2) is 162 Å². The number of aliphatic hydroxyl groups is 2. The van der Waals surface area contributed by atoms with Gasteiger partial charge in [-0.05, 0) is 213 Å². The van der Waals surface area contributed by atoms with E-state index >= 15 is 0 Å². The number of piperidine rings is 2. The average Bonchev–Trinajstić information content (AvgIpc) is 0.776. The third-order valence-corrected chi connectivity index (χ3v) is 18.6. The van der Waals surface area contributed by atoms with Crippen molar-refractivity contribution < 1.29 is 115 Å². The van der Waals surface area contributed by atoms with Crippen LogP contribution in [-0.2, 0) is 11.9 Å². The van der Waals surface area contributed by atoms with E-state index in [4.69, 9.17) is 40.1 Å². The first-order valence-electron chi connectivity index (χ1n) is 38.6. The van der Waals surface area contributed by atoms with Crippen LogP contribution in [0.3, 0.4) is 0 Å². The number of aryl methyl sites for hydroxylation is 2. The Kier molecular flexibility index (Phi) is 56.9. The summed E-state index contributed by atoms with van der Waals surface area (Å²) in [6, 6.07) is 72.9. The Morgan fingerprint density at radius 1 is 0.396 bits per heavy atom. The lowest BCUT2D eigenvalue weighted by molar-refractivity contribution is -0.275. The molecule has 14 rings (SSSR count). The lowest BCUT2D eigenvalue weighted by Gasteiger charge is -2.43. The van der Waals surface area contributed by atoms with E-state index in [-0.39, 0.29) is 46.8 Å². The van der Waals surface area contributed by atoms with Crippen LogP contribution >= 0.6 is 39.9 Å². The molecule has 4 N–H and O–H groups in total. The number of halogens is 18. The number of likely N-dealkylation sites (tertiary alicyclic amines) is 1. The van der Waals surface area contributed by atoms with Gasteiger partial charge in [0.1, 0.15) is 51.1 Å². The lowest BCUT2D eigenvalue weighted by Crippen LogP contribution is -2.48. The van der Waals surface area contributed by atoms with Gasteiger partial charge in [0.05, 0.1) is 11.2 Å². The van der Waals surface area contributed by atoms with Gasteiger partial charge in [-0.3, -0.25) is 9.60 Å². The molecule has 2 saturated heterocycles. The minimum atomic E-state index is -4.87. The second kappa shape index (κ2) is 61.9. The highest BCUT2D eigenvalue weighted by molar-refractivity contribution is 9.08. The summed E-state index contributed by atoms with van der Waals surface area (Å²) in [5.74, 6) is 1.24. The normalized spacial score (nSPS) is 12.5. The average molecular weight is 1970 g/mol. The second-order valence-corrected chi connectivity index (χ2v) is 28.7. The zero-order valence-electron chi connectivity index (χ0n) is 69.4. The summed E-state index contributed by atoms with van der Waals surface area (Å²) in [7, 11) is 28.0. The zero-order chi connectivity index (χ0) is 93.9. The number of aromatic nitrogens is 4. The Labute approximate surface area is 800 Å². The van der Waals surface area contributed by atoms with Gasteiger partial charge in [-0.15, -0.1) is 65.1 Å². The number of nitrogens with one attached hydrogen (secondary N) is 1. The van der Waals surface area contributed by atoms with E-state index in [1.54, 1.807) is 55.1 Å². The number of aromatic hydroxyl groups is 1. The molecule has 4 aromatic heterocycles. The predicted octanol–water partition coefficient (Wildman–Crippen LogP) is 23.9. The molecule has 0 amide bonds. The van der Waals surface area contributed by atoms with Crippen molar-refractivity contribution in [2.45, 2.75) is 130 Å². The second-order valence-electron chi connectivity index (χ2n) is 27.8. The van der Waals surface area contributed by atoms with E-state index in [1.165, 1.54) is 65.2 Å². The maximum atomic E-state index is 12.7. The number of nitrogens with zero attached hydrogens (tertiary/aromatic N) is 5. The molecule has 12 aromatic rings. The van der Waals surface area contributed by atoms with Crippen LogP contribution in [0, 0.1) is 13.8 Å². The number of pyridine rings is 4. The van der Waals surface area contributed by atoms with Crippen molar-refractivity contribution in [3.05, 3.63) is 341 Å². The summed E-state index contributed by atoms with van der Waals surface area (Å²) in [5, 5.41) is 36.5. The van der Waals surface area contributed by atoms with Crippen LogP contribution in [0.15, 0.2) is 292 Å². The molecule has 16 nitrogen and oxygen atoms in total. The molecule has 0 atom stereocenters. The molecular formula is C92H98B8BrCl2F15N6O10. The Morgan fingerprint density at radius 3 is 0.888 bits per heavy atom. The fraction of sp³-hybridized carbons (Fsp3) is 0.261. The van der Waals surface area contributed by atoms with E-state index in [2.05, 4.69) is 111 Å². The predicted molar refractivity (Wildman–Crippen MR) is 509 cm³/mol. The van der Waals surface area contributed by atoms with Crippen molar-refractivity contribution >= 4 is 99.1 Å². The summed E-state index contributed by atoms with van der Waals surface area (Å²) >= 11 is 8.82. The molecule has 12 radical (unpaired) electrons. The summed E-state index contributed by atoms with van der Waals surface area (Å²) in [6.07, 6.45) is -12.7. The number of benzene rings is 8. The summed E-state index contributed by atoms with van der Waals surface area (Å²) < 4.78 is 199. The topological polar surface area (TPSA) is 192 Å². The molecule has 2 aliphatic heterocycles. The molecule has 0 unspecified atom stereocenters. The number of alkyl halides is 13. The third-order valence-electron chi connectivity index (χ3n) is 17.7. The van der Waals surface area contributed by atoms with Gasteiger partial charge in [0.25, 0.3) is 0 Å². The summed E-state index contributed by atoms with van der Waals surface area (Å²) in [6.45, 7) is 6.70. The molecule has 2 aliphatic rings. The van der Waals surface area contributed by atoms with Crippen molar-refractivity contribution in [3.8, 4) is 63.6 Å². The van der Waals surface area contributed by atoms with Gasteiger partial charge in [-0.1, -0.05) is 190 Å². The standard InChI is InChI=1S/C32H28F6N2O4.C20H19F6NO3.C12H10BrNO.C12H11NO.C7H8O.C5H4ClN.4CH4.2B4.ClH.F2.FH/c33-31(34,35)43-26-12-6-23(7-13-26)29(24-8-14-27(15-9-24)44-32(36,37)38)30(41)16-19-40(20-17-30)21-22-4-10-25(11-5-22)42-28-3-1-2-18-39-28;21-19(22,23)29-15-5-1-13(2-6-15)17(18(28)9-11-27-12-10-18)14-3-7-16(8-4-14)30-20(24,25)26;13-9-10-4-6-11(7-5-10)15-12-3-1-2-8-14-12;1-10-5-7-11(8-6-10)14-12-4-2-3-9-13-12;1-6-2-4-7(8)5-3-6;6-5-3-1-2-4-7-5;;;;;2*1-4(2)3;;1-2;/h1-15,18,29,41H,16-17,19-21H2;1-8,17,27-28H,9-12H2;1-8H,9H2;2-9H,1H3;2-5,8H,1H3;1-4H;4*1H4;;;1H;;1H. The van der Waals surface area contributed by atoms with Crippen LogP contribution in [0.4, 0.5) is 66.5 Å². The Hall–Kier alpha value is -10.9. The van der Waals surface area contributed by atoms with Gasteiger partial charge in [0, 0.05) is 148 Å². The lowest BCUT2D eigenvalue weighted by atomic mass is 9.08. The molecule has 0 bridgehead atoms. The number of phenols is 1. The van der Waals surface area contributed by atoms with Crippen molar-refractivity contribution in [1.82, 2.24) is 30.2 Å². The largest absolute Gasteiger partial charge is 0.573 e. The number of hydrogen-bond acceptors (Lipinski definition) is 16. The molecule has 0 aliphatic carbocycles. The smallest absolute Gasteiger partial charge is 0.508 e. The van der Waals surface area contributed by atoms with Gasteiger partial charge in [0.15, 0.2) is 0 Å². The molecular weight excluding hydrogens is 1870 g/mol. The summed E-state index contributed by atoms with van der Waals surface area (Å²) in [5.41, 5.74) is 4.08. The van der Waals surface area contributed by atoms with Gasteiger partial charge < -0.3 is 53.8 Å². The Bertz CT molecular complexity index is 4910. The highest BCUT2D eigenvalue weighted by atomic mass is 79.9. The van der Waals surface area contributed by atoms with Crippen LogP contribution < -0.4 is 38.5 Å². The highest BCUT2D eigenvalue weighted by Crippen LogP contribution is 2.45. The quantitative estimate of drug-likeness (QED) is 0.0258. The minimum absolute atomic E-state index is 0. The number of phenolic OH excluding ortho intramolecular Hbond substituents is 1. The SMILES string of the molecule is BrCc1ccc(Oc2ccccn2)cc1.C.C.C.C.Cc1ccc(O)cc1.Cc1ccc(Oc2ccccn2)cc1.Cl.Clc1ccccn1.F.FF.OC1(C(c2ccc(OC(F)(F)F)cc2)c2ccc(OC(F)(F)F)cc2)CCN(Cc2ccc(Oc3ccccn3)cc2)CC1.OC1(C(c2ccc(OC(F)(F)F)cc2)c2ccc(OC(F)(F)F)cc2)CCNCC1.[B]B([B])[B].[B]B([B])[B]. The first kappa shape index (κ1) is 123. The zero-order valence-corrected chi connectivity index (χ0v) is 72.5. The molecule has 0 saturated carbocycles. The van der Waals surface area contributed by atoms with Crippen molar-refractivity contribution in [2.75, 3.05) is 26.2 Å². The van der Waals surface area contributed by atoms with Gasteiger partial charge in [-0.2, -0.15) is 0 Å². The number of hydrogen-bond donors (Lipinski definition) is 4. The monoisotopic (exact) mass is 1970 g/mol. The molecule has 2 fully saturated rings. The number of ether oxygens (including phenoxy) is 7. The van der Waals surface area contributed by atoms with Crippen LogP contribution in [0.1, 0.15) is 112 Å². The minimum Gasteiger partial charge on any atom is -0.508 e. The van der Waals surface area contributed by atoms with E-state index in [0.717, 1.165) is 70.9 Å². The van der Waals surface area contributed by atoms with Crippen LogP contribution in [0.25, 0.3) is 0 Å². The van der Waals surface area contributed by atoms with Crippen molar-refractivity contribution in [3.63, 3.8) is 0 Å². The van der Waals surface area contributed by atoms with Gasteiger partial charge in [-0.25, -0.2) is 19.9 Å². The maximum Gasteiger partial charge on any atom is 0.573 e. The first-order valence-corrected chi connectivity index (χ1v) is 40.1. The van der Waals surface area contributed by atoms with E-state index in [1.807, 2.05) is 153 Å². The third kappa shape index (κ3) is 48.9. The maximum absolute atomic E-state index is 12.7. The Morgan fingerprint density at radius 2 is 0.649 bits per heavy atom.